The zero-order valence-electron chi connectivity index (χ0n) is 16.7. The van der Waals surface area contributed by atoms with Crippen LogP contribution in [0.5, 0.6) is 5.75 Å². The van der Waals surface area contributed by atoms with Gasteiger partial charge in [0.05, 0.1) is 12.2 Å². The van der Waals surface area contributed by atoms with Gasteiger partial charge >= 0.3 is 0 Å². The molecule has 0 fully saturated rings. The van der Waals surface area contributed by atoms with Crippen LogP contribution in [0.3, 0.4) is 0 Å². The van der Waals surface area contributed by atoms with E-state index < -0.39 is 5.60 Å². The number of rotatable bonds is 3. The maximum atomic E-state index is 12.3. The van der Waals surface area contributed by atoms with Crippen LogP contribution in [0, 0.1) is 0 Å². The number of carbonyl (C=O) groups is 1. The highest BCUT2D eigenvalue weighted by Crippen LogP contribution is 2.55. The van der Waals surface area contributed by atoms with Crippen molar-refractivity contribution < 1.29 is 14.3 Å². The van der Waals surface area contributed by atoms with Crippen LogP contribution in [0.2, 0.25) is 0 Å². The monoisotopic (exact) mass is 385 g/mol. The van der Waals surface area contributed by atoms with Crippen molar-refractivity contribution in [1.29, 1.82) is 0 Å². The van der Waals surface area contributed by atoms with Crippen molar-refractivity contribution in [2.24, 2.45) is 0 Å². The Kier molecular flexibility index (Phi) is 4.00. The van der Waals surface area contributed by atoms with E-state index in [1.807, 2.05) is 24.3 Å². The van der Waals surface area contributed by atoms with Gasteiger partial charge in [0.1, 0.15) is 11.5 Å². The van der Waals surface area contributed by atoms with Gasteiger partial charge in [0.25, 0.3) is 0 Å². The molecule has 0 bridgehead atoms. The molecule has 0 N–H and O–H groups in total. The number of allylic oxidation sites excluding steroid dienone is 2. The highest BCUT2D eigenvalue weighted by molar-refractivity contribution is 6.08. The Morgan fingerprint density at radius 3 is 2.66 bits per heavy atom. The topological polar surface area (TPSA) is 38.8 Å². The molecule has 2 heterocycles. The molecule has 5 rings (SSSR count). The van der Waals surface area contributed by atoms with Crippen molar-refractivity contribution in [1.82, 2.24) is 0 Å². The van der Waals surface area contributed by atoms with Crippen molar-refractivity contribution in [3.05, 3.63) is 94.8 Å². The quantitative estimate of drug-likeness (QED) is 0.721. The number of ketones is 1. The first-order valence-electron chi connectivity index (χ1n) is 10.1. The Labute approximate surface area is 170 Å². The number of benzene rings is 2. The molecule has 0 aromatic heterocycles. The molecule has 2 aliphatic heterocycles. The number of ether oxygens (including phenoxy) is 2. The fourth-order valence-electron chi connectivity index (χ4n) is 4.63. The standard InChI is InChI=1S/C25H23NO3/c1-4-26(5-2)18-10-11-20-23(14-18)29-24-16(3)22(27)13-12-21(24)25(20)19-9-7-6-8-17(19)15-28-25/h6-14H,3-5,15H2,1-2H3. The lowest BCUT2D eigenvalue weighted by molar-refractivity contribution is -0.111. The number of carbonyl (C=O) groups excluding carboxylic acids is 1. The number of anilines is 1. The normalized spacial score (nSPS) is 21.7. The van der Waals surface area contributed by atoms with E-state index in [1.165, 1.54) is 0 Å². The van der Waals surface area contributed by atoms with Gasteiger partial charge in [0.2, 0.25) is 0 Å². The van der Waals surface area contributed by atoms with Gasteiger partial charge in [-0.3, -0.25) is 4.79 Å². The molecule has 3 aliphatic rings. The Morgan fingerprint density at radius 1 is 1.07 bits per heavy atom. The third kappa shape index (κ3) is 2.39. The molecular weight excluding hydrogens is 362 g/mol. The second kappa shape index (κ2) is 6.46. The summed E-state index contributed by atoms with van der Waals surface area (Å²) in [5.41, 5.74) is 4.72. The molecule has 1 aliphatic carbocycles. The lowest BCUT2D eigenvalue weighted by atomic mass is 9.75. The number of fused-ring (bicyclic) bond motifs is 5. The molecule has 0 saturated heterocycles. The number of nitrogens with zero attached hydrogens (tertiary/aromatic N) is 1. The van der Waals surface area contributed by atoms with Crippen LogP contribution in [0.1, 0.15) is 30.5 Å². The zero-order chi connectivity index (χ0) is 20.2. The zero-order valence-corrected chi connectivity index (χ0v) is 16.7. The Morgan fingerprint density at radius 2 is 1.86 bits per heavy atom. The van der Waals surface area contributed by atoms with E-state index in [9.17, 15) is 4.79 Å². The van der Waals surface area contributed by atoms with Crippen molar-refractivity contribution >= 4 is 11.5 Å². The average molecular weight is 385 g/mol. The lowest BCUT2D eigenvalue weighted by Gasteiger charge is -2.39. The number of hydrogen-bond donors (Lipinski definition) is 0. The summed E-state index contributed by atoms with van der Waals surface area (Å²) in [6, 6.07) is 14.5. The van der Waals surface area contributed by atoms with E-state index in [-0.39, 0.29) is 5.78 Å². The van der Waals surface area contributed by atoms with Gasteiger partial charge in [0, 0.05) is 36.0 Å². The summed E-state index contributed by atoms with van der Waals surface area (Å²) < 4.78 is 12.8. The van der Waals surface area contributed by atoms with Crippen LogP contribution >= 0.6 is 0 Å². The average Bonchev–Trinajstić information content (AvgIpc) is 3.12. The molecule has 1 atom stereocenters. The molecule has 0 amide bonds. The van der Waals surface area contributed by atoms with E-state index in [1.54, 1.807) is 6.08 Å². The van der Waals surface area contributed by atoms with Gasteiger partial charge in [-0.15, -0.1) is 0 Å². The molecule has 29 heavy (non-hydrogen) atoms. The summed E-state index contributed by atoms with van der Waals surface area (Å²) in [5.74, 6) is 1.10. The van der Waals surface area contributed by atoms with Crippen LogP contribution in [0.4, 0.5) is 5.69 Å². The van der Waals surface area contributed by atoms with E-state index in [4.69, 9.17) is 9.47 Å². The van der Waals surface area contributed by atoms with Gasteiger partial charge in [-0.1, -0.05) is 30.8 Å². The molecule has 2 aromatic carbocycles. The molecular formula is C25H23NO3. The van der Waals surface area contributed by atoms with Gasteiger partial charge in [-0.2, -0.15) is 0 Å². The molecule has 0 radical (unpaired) electrons. The minimum absolute atomic E-state index is 0.131. The van der Waals surface area contributed by atoms with Gasteiger partial charge < -0.3 is 14.4 Å². The maximum Gasteiger partial charge on any atom is 0.189 e. The lowest BCUT2D eigenvalue weighted by Crippen LogP contribution is -2.36. The Hall–Kier alpha value is -3.11. The predicted molar refractivity (Wildman–Crippen MR) is 113 cm³/mol. The fourth-order valence-corrected chi connectivity index (χ4v) is 4.63. The summed E-state index contributed by atoms with van der Waals surface area (Å²) in [5, 5.41) is 0. The van der Waals surface area contributed by atoms with Crippen LogP contribution in [-0.4, -0.2) is 18.9 Å². The first-order valence-corrected chi connectivity index (χ1v) is 10.1. The first-order chi connectivity index (χ1) is 14.1. The van der Waals surface area contributed by atoms with Crippen LogP contribution in [0.25, 0.3) is 0 Å². The minimum Gasteiger partial charge on any atom is -0.456 e. The Balaban J connectivity index is 1.78. The second-order valence-corrected chi connectivity index (χ2v) is 7.50. The largest absolute Gasteiger partial charge is 0.456 e. The van der Waals surface area contributed by atoms with Gasteiger partial charge in [0.15, 0.2) is 11.4 Å². The molecule has 146 valence electrons. The van der Waals surface area contributed by atoms with Crippen LogP contribution in [-0.2, 0) is 21.7 Å². The summed E-state index contributed by atoms with van der Waals surface area (Å²) in [6.07, 6.45) is 3.39. The second-order valence-electron chi connectivity index (χ2n) is 7.50. The summed E-state index contributed by atoms with van der Waals surface area (Å²) in [6.45, 7) is 10.6. The highest BCUT2D eigenvalue weighted by atomic mass is 16.5. The molecule has 1 spiro atoms. The highest BCUT2D eigenvalue weighted by Gasteiger charge is 2.51. The first kappa shape index (κ1) is 18.0. The van der Waals surface area contributed by atoms with E-state index in [0.717, 1.165) is 41.0 Å². The number of hydrogen-bond acceptors (Lipinski definition) is 4. The molecule has 0 saturated carbocycles. The van der Waals surface area contributed by atoms with Crippen molar-refractivity contribution in [2.45, 2.75) is 26.1 Å². The summed E-state index contributed by atoms with van der Waals surface area (Å²) >= 11 is 0. The van der Waals surface area contributed by atoms with Crippen LogP contribution < -0.4 is 9.64 Å². The predicted octanol–water partition coefficient (Wildman–Crippen LogP) is 4.65. The maximum absolute atomic E-state index is 12.3. The van der Waals surface area contributed by atoms with Crippen molar-refractivity contribution in [3.8, 4) is 5.75 Å². The van der Waals surface area contributed by atoms with Crippen molar-refractivity contribution in [3.63, 3.8) is 0 Å². The summed E-state index contributed by atoms with van der Waals surface area (Å²) in [4.78, 5) is 14.6. The third-order valence-electron chi connectivity index (χ3n) is 6.12. The minimum atomic E-state index is -0.790. The van der Waals surface area contributed by atoms with E-state index in [2.05, 4.69) is 49.6 Å². The molecule has 4 nitrogen and oxygen atoms in total. The fraction of sp³-hybridized carbons (Fsp3) is 0.240. The van der Waals surface area contributed by atoms with Crippen molar-refractivity contribution in [2.75, 3.05) is 18.0 Å². The smallest absolute Gasteiger partial charge is 0.189 e. The molecule has 1 unspecified atom stereocenters. The third-order valence-corrected chi connectivity index (χ3v) is 6.12. The van der Waals surface area contributed by atoms with E-state index in [0.29, 0.717) is 23.7 Å². The molecule has 4 heteroatoms. The van der Waals surface area contributed by atoms with Crippen LogP contribution in [0.15, 0.2) is 78.1 Å². The van der Waals surface area contributed by atoms with Gasteiger partial charge in [-0.05, 0) is 49.3 Å². The Bertz CT molecular complexity index is 1110. The van der Waals surface area contributed by atoms with Gasteiger partial charge in [-0.25, -0.2) is 0 Å². The van der Waals surface area contributed by atoms with E-state index >= 15 is 0 Å². The SMILES string of the molecule is C=C1C(=O)C=CC2=C1Oc1cc(N(CC)CC)ccc1C21OCc2ccccc21. The summed E-state index contributed by atoms with van der Waals surface area (Å²) in [7, 11) is 0. The molecule has 2 aromatic rings.